The highest BCUT2D eigenvalue weighted by Crippen LogP contribution is 2.50. The highest BCUT2D eigenvalue weighted by Gasteiger charge is 2.41. The van der Waals surface area contributed by atoms with E-state index in [9.17, 15) is 5.11 Å². The van der Waals surface area contributed by atoms with Crippen LogP contribution in [0.1, 0.15) is 54.2 Å². The molecule has 1 nitrogen and oxygen atoms in total. The summed E-state index contributed by atoms with van der Waals surface area (Å²) in [6, 6.07) is 35.9. The number of rotatable bonds is 5. The van der Waals surface area contributed by atoms with E-state index in [2.05, 4.69) is 122 Å². The number of aromatic hydroxyl groups is 1. The highest BCUT2D eigenvalue weighted by atomic mass is 79.9. The smallest absolute Gasteiger partial charge is 0.124 e. The van der Waals surface area contributed by atoms with Crippen molar-refractivity contribution in [1.29, 1.82) is 0 Å². The maximum Gasteiger partial charge on any atom is 0.124 e. The molecule has 4 rings (SSSR count). The second-order valence-corrected chi connectivity index (χ2v) is 9.82. The van der Waals surface area contributed by atoms with Gasteiger partial charge >= 0.3 is 0 Å². The van der Waals surface area contributed by atoms with E-state index in [1.54, 1.807) is 0 Å². The van der Waals surface area contributed by atoms with Gasteiger partial charge in [-0.2, -0.15) is 0 Å². The van der Waals surface area contributed by atoms with Crippen molar-refractivity contribution in [3.05, 3.63) is 137 Å². The number of phenolic OH excluding ortho intramolecular Hbond substituents is 1. The topological polar surface area (TPSA) is 20.2 Å². The van der Waals surface area contributed by atoms with Crippen LogP contribution < -0.4 is 0 Å². The fraction of sp³-hybridized carbons (Fsp3) is 0.200. The monoisotopic (exact) mass is 484 g/mol. The maximum atomic E-state index is 11.7. The Morgan fingerprint density at radius 3 is 1.38 bits per heavy atom. The van der Waals surface area contributed by atoms with Crippen molar-refractivity contribution in [1.82, 2.24) is 0 Å². The fourth-order valence-corrected chi connectivity index (χ4v) is 4.97. The van der Waals surface area contributed by atoms with E-state index < -0.39 is 5.41 Å². The van der Waals surface area contributed by atoms with Gasteiger partial charge in [0.2, 0.25) is 0 Å². The van der Waals surface area contributed by atoms with E-state index in [0.29, 0.717) is 11.1 Å². The van der Waals surface area contributed by atoms with Crippen molar-refractivity contribution < 1.29 is 5.11 Å². The van der Waals surface area contributed by atoms with Crippen LogP contribution in [-0.4, -0.2) is 5.11 Å². The van der Waals surface area contributed by atoms with Gasteiger partial charge in [0.25, 0.3) is 0 Å². The second kappa shape index (κ2) is 8.96. The summed E-state index contributed by atoms with van der Waals surface area (Å²) >= 11 is 3.62. The number of hydrogen-bond donors (Lipinski definition) is 1. The van der Waals surface area contributed by atoms with Gasteiger partial charge in [0.15, 0.2) is 0 Å². The lowest BCUT2D eigenvalue weighted by Gasteiger charge is -2.38. The van der Waals surface area contributed by atoms with Crippen LogP contribution in [0.5, 0.6) is 5.75 Å². The van der Waals surface area contributed by atoms with Crippen molar-refractivity contribution in [3.63, 3.8) is 0 Å². The molecular weight excluding hydrogens is 456 g/mol. The van der Waals surface area contributed by atoms with E-state index in [1.165, 1.54) is 5.56 Å². The largest absolute Gasteiger partial charge is 0.507 e. The van der Waals surface area contributed by atoms with Gasteiger partial charge in [-0.05, 0) is 33.7 Å². The van der Waals surface area contributed by atoms with Crippen molar-refractivity contribution >= 4 is 15.9 Å². The summed E-state index contributed by atoms with van der Waals surface area (Å²) in [5, 5.41) is 12.3. The van der Waals surface area contributed by atoms with Crippen LogP contribution in [0.15, 0.2) is 103 Å². The van der Waals surface area contributed by atoms with Crippen molar-refractivity contribution in [2.24, 2.45) is 0 Å². The molecule has 0 fully saturated rings. The molecule has 0 spiro atoms. The third-order valence-corrected chi connectivity index (χ3v) is 6.83. The highest BCUT2D eigenvalue weighted by molar-refractivity contribution is 9.08. The van der Waals surface area contributed by atoms with Gasteiger partial charge < -0.3 is 5.11 Å². The normalized spacial score (nSPS) is 12.0. The molecule has 4 aromatic rings. The van der Waals surface area contributed by atoms with E-state index in [4.69, 9.17) is 0 Å². The molecule has 0 heterocycles. The Morgan fingerprint density at radius 1 is 0.625 bits per heavy atom. The molecule has 0 saturated carbocycles. The third kappa shape index (κ3) is 3.89. The molecule has 0 saturated heterocycles. The van der Waals surface area contributed by atoms with Crippen LogP contribution in [-0.2, 0) is 16.2 Å². The summed E-state index contributed by atoms with van der Waals surface area (Å²) < 4.78 is 0. The summed E-state index contributed by atoms with van der Waals surface area (Å²) in [6.45, 7) is 6.66. The fourth-order valence-electron chi connectivity index (χ4n) is 4.55. The zero-order chi connectivity index (χ0) is 22.8. The summed E-state index contributed by atoms with van der Waals surface area (Å²) in [7, 11) is 0. The Kier molecular flexibility index (Phi) is 6.26. The molecule has 0 aliphatic carbocycles. The van der Waals surface area contributed by atoms with E-state index in [-0.39, 0.29) is 5.41 Å². The minimum absolute atomic E-state index is 0.0603. The number of benzene rings is 4. The lowest BCUT2D eigenvalue weighted by atomic mass is 9.64. The average molecular weight is 485 g/mol. The van der Waals surface area contributed by atoms with E-state index >= 15 is 0 Å². The van der Waals surface area contributed by atoms with Crippen molar-refractivity contribution in [2.75, 3.05) is 0 Å². The Labute approximate surface area is 199 Å². The van der Waals surface area contributed by atoms with Gasteiger partial charge in [-0.25, -0.2) is 0 Å². The molecule has 1 N–H and O–H groups in total. The van der Waals surface area contributed by atoms with Crippen LogP contribution in [0.4, 0.5) is 0 Å². The van der Waals surface area contributed by atoms with Crippen LogP contribution in [0.2, 0.25) is 0 Å². The lowest BCUT2D eigenvalue weighted by Crippen LogP contribution is -2.32. The average Bonchev–Trinajstić information content (AvgIpc) is 2.82. The second-order valence-electron chi connectivity index (χ2n) is 9.26. The quantitative estimate of drug-likeness (QED) is 0.225. The minimum Gasteiger partial charge on any atom is -0.507 e. The molecule has 32 heavy (non-hydrogen) atoms. The molecular formula is C30H29BrO. The van der Waals surface area contributed by atoms with Gasteiger partial charge in [-0.3, -0.25) is 0 Å². The molecule has 0 bridgehead atoms. The zero-order valence-corrected chi connectivity index (χ0v) is 20.4. The SMILES string of the molecule is CC(C)(C)c1cc(CBr)c(O)c(C(c2ccccc2)(c2ccccc2)c2ccccc2)c1. The standard InChI is InChI=1S/C30H29BrO/c1-29(2,3)26-19-22(21-31)28(32)27(20-26)30(23-13-7-4-8-14-23,24-15-9-5-10-16-24)25-17-11-6-12-18-25/h4-20,32H,21H2,1-3H3. The van der Waals surface area contributed by atoms with Crippen LogP contribution in [0.3, 0.4) is 0 Å². The predicted octanol–water partition coefficient (Wildman–Crippen LogP) is 7.97. The van der Waals surface area contributed by atoms with Gasteiger partial charge in [-0.15, -0.1) is 0 Å². The molecule has 0 radical (unpaired) electrons. The Hall–Kier alpha value is -2.84. The molecule has 162 valence electrons. The predicted molar refractivity (Wildman–Crippen MR) is 138 cm³/mol. The first-order valence-corrected chi connectivity index (χ1v) is 12.1. The molecule has 2 heteroatoms. The molecule has 0 unspecified atom stereocenters. The minimum atomic E-state index is -0.661. The summed E-state index contributed by atoms with van der Waals surface area (Å²) in [5.74, 6) is 0.339. The van der Waals surface area contributed by atoms with Gasteiger partial charge in [0.05, 0.1) is 5.41 Å². The van der Waals surface area contributed by atoms with Crippen LogP contribution in [0, 0.1) is 0 Å². The van der Waals surface area contributed by atoms with Crippen molar-refractivity contribution in [2.45, 2.75) is 36.9 Å². The Bertz CT molecular complexity index is 1080. The zero-order valence-electron chi connectivity index (χ0n) is 18.8. The molecule has 0 amide bonds. The van der Waals surface area contributed by atoms with E-state index in [0.717, 1.165) is 27.8 Å². The Morgan fingerprint density at radius 2 is 1.03 bits per heavy atom. The summed E-state index contributed by atoms with van der Waals surface area (Å²) in [5.41, 5.74) is 5.66. The summed E-state index contributed by atoms with van der Waals surface area (Å²) in [4.78, 5) is 0. The summed E-state index contributed by atoms with van der Waals surface area (Å²) in [6.07, 6.45) is 0. The van der Waals surface area contributed by atoms with Gasteiger partial charge in [-0.1, -0.05) is 134 Å². The Balaban J connectivity index is 2.22. The molecule has 0 aromatic heterocycles. The first-order chi connectivity index (χ1) is 15.4. The molecule has 0 atom stereocenters. The number of hydrogen-bond acceptors (Lipinski definition) is 1. The van der Waals surface area contributed by atoms with Crippen molar-refractivity contribution in [3.8, 4) is 5.75 Å². The lowest BCUT2D eigenvalue weighted by molar-refractivity contribution is 0.454. The van der Waals surface area contributed by atoms with Gasteiger partial charge in [0.1, 0.15) is 5.75 Å². The molecule has 4 aromatic carbocycles. The molecule has 0 aliphatic rings. The maximum absolute atomic E-state index is 11.7. The van der Waals surface area contributed by atoms with E-state index in [1.807, 2.05) is 18.2 Å². The number of alkyl halides is 1. The number of halogens is 1. The molecule has 0 aliphatic heterocycles. The van der Waals surface area contributed by atoms with Gasteiger partial charge in [0, 0.05) is 16.5 Å². The first-order valence-electron chi connectivity index (χ1n) is 11.0. The third-order valence-electron chi connectivity index (χ3n) is 6.22. The number of phenols is 1. The van der Waals surface area contributed by atoms with Crippen LogP contribution >= 0.6 is 15.9 Å². The van der Waals surface area contributed by atoms with Crippen LogP contribution in [0.25, 0.3) is 0 Å². The first kappa shape index (κ1) is 22.4.